The maximum atomic E-state index is 11.7. The summed E-state index contributed by atoms with van der Waals surface area (Å²) in [7, 11) is 0. The Bertz CT molecular complexity index is 580. The van der Waals surface area contributed by atoms with E-state index in [-0.39, 0.29) is 6.61 Å². The van der Waals surface area contributed by atoms with E-state index >= 15 is 0 Å². The van der Waals surface area contributed by atoms with Gasteiger partial charge >= 0.3 is 5.97 Å². The van der Waals surface area contributed by atoms with Crippen LogP contribution in [0.5, 0.6) is 0 Å². The molecule has 88 valence electrons. The fraction of sp³-hybridized carbons (Fsp3) is 0.0625. The third-order valence-corrected chi connectivity index (χ3v) is 2.49. The average Bonchev–Trinajstić information content (AvgIpc) is 2.46. The summed E-state index contributed by atoms with van der Waals surface area (Å²) in [4.78, 5) is 11.7. The Hall–Kier alpha value is -2.53. The Morgan fingerprint density at radius 2 is 1.78 bits per heavy atom. The second kappa shape index (κ2) is 5.70. The van der Waals surface area contributed by atoms with Crippen molar-refractivity contribution in [2.24, 2.45) is 0 Å². The number of ether oxygens (including phenoxy) is 1. The smallest absolute Gasteiger partial charge is 0.339 e. The molecule has 0 unspecified atom stereocenters. The molecule has 0 aliphatic heterocycles. The van der Waals surface area contributed by atoms with Crippen molar-refractivity contribution in [1.82, 2.24) is 0 Å². The molecule has 0 spiro atoms. The summed E-state index contributed by atoms with van der Waals surface area (Å²) in [5.74, 6) is 1.87. The highest BCUT2D eigenvalue weighted by atomic mass is 16.5. The van der Waals surface area contributed by atoms with Crippen molar-refractivity contribution in [3.63, 3.8) is 0 Å². The van der Waals surface area contributed by atoms with Crippen LogP contribution in [0.3, 0.4) is 0 Å². The zero-order valence-electron chi connectivity index (χ0n) is 9.80. The molecule has 0 aliphatic rings. The van der Waals surface area contributed by atoms with Crippen LogP contribution in [0.1, 0.15) is 10.4 Å². The van der Waals surface area contributed by atoms with Crippen molar-refractivity contribution >= 4 is 5.97 Å². The van der Waals surface area contributed by atoms with Crippen LogP contribution >= 0.6 is 0 Å². The third kappa shape index (κ3) is 2.78. The summed E-state index contributed by atoms with van der Waals surface area (Å²) in [6, 6.07) is 17.1. The molecule has 2 rings (SSSR count). The molecular formula is C16H12O2. The van der Waals surface area contributed by atoms with Crippen molar-refractivity contribution in [2.75, 3.05) is 6.61 Å². The number of esters is 1. The second-order valence-corrected chi connectivity index (χ2v) is 3.73. The maximum Gasteiger partial charge on any atom is 0.339 e. The molecular weight excluding hydrogens is 224 g/mol. The number of benzene rings is 2. The predicted molar refractivity (Wildman–Crippen MR) is 71.0 cm³/mol. The van der Waals surface area contributed by atoms with E-state index in [4.69, 9.17) is 11.2 Å². The van der Waals surface area contributed by atoms with Crippen LogP contribution < -0.4 is 0 Å². The minimum absolute atomic E-state index is 0.00556. The zero-order chi connectivity index (χ0) is 12.8. The zero-order valence-corrected chi connectivity index (χ0v) is 9.80. The van der Waals surface area contributed by atoms with Gasteiger partial charge in [0.05, 0.1) is 5.56 Å². The van der Waals surface area contributed by atoms with Crippen molar-refractivity contribution in [3.8, 4) is 23.5 Å². The maximum absolute atomic E-state index is 11.7. The van der Waals surface area contributed by atoms with Gasteiger partial charge in [0.15, 0.2) is 6.61 Å². The lowest BCUT2D eigenvalue weighted by molar-refractivity contribution is 0.0557. The Morgan fingerprint density at radius 3 is 2.50 bits per heavy atom. The lowest BCUT2D eigenvalue weighted by Gasteiger charge is -2.04. The molecule has 0 bridgehead atoms. The lowest BCUT2D eigenvalue weighted by Crippen LogP contribution is -2.05. The van der Waals surface area contributed by atoms with Crippen LogP contribution in [-0.2, 0) is 4.74 Å². The van der Waals surface area contributed by atoms with Crippen molar-refractivity contribution in [1.29, 1.82) is 0 Å². The summed E-state index contributed by atoms with van der Waals surface area (Å²) in [6.07, 6.45) is 5.05. The summed E-state index contributed by atoms with van der Waals surface area (Å²) < 4.78 is 4.89. The van der Waals surface area contributed by atoms with Gasteiger partial charge in [-0.05, 0) is 23.3 Å². The van der Waals surface area contributed by atoms with Gasteiger partial charge in [0.2, 0.25) is 0 Å². The minimum atomic E-state index is -0.397. The van der Waals surface area contributed by atoms with Gasteiger partial charge in [-0.15, -0.1) is 6.42 Å². The summed E-state index contributed by atoms with van der Waals surface area (Å²) in [6.45, 7) is -0.00556. The average molecular weight is 236 g/mol. The van der Waals surface area contributed by atoms with Crippen LogP contribution in [0.15, 0.2) is 54.6 Å². The van der Waals surface area contributed by atoms with Crippen LogP contribution in [0.25, 0.3) is 11.1 Å². The number of carbonyl (C=O) groups excluding carboxylic acids is 1. The Morgan fingerprint density at radius 1 is 1.06 bits per heavy atom. The van der Waals surface area contributed by atoms with E-state index in [1.54, 1.807) is 12.1 Å². The summed E-state index contributed by atoms with van der Waals surface area (Å²) >= 11 is 0. The van der Waals surface area contributed by atoms with Gasteiger partial charge < -0.3 is 4.74 Å². The second-order valence-electron chi connectivity index (χ2n) is 3.73. The molecule has 2 nitrogen and oxygen atoms in total. The van der Waals surface area contributed by atoms with Crippen molar-refractivity contribution in [3.05, 3.63) is 60.2 Å². The SMILES string of the molecule is C#CCOC(=O)c1cccc(-c2ccccc2)c1. The number of hydrogen-bond acceptors (Lipinski definition) is 2. The fourth-order valence-electron chi connectivity index (χ4n) is 1.65. The van der Waals surface area contributed by atoms with Gasteiger partial charge in [-0.25, -0.2) is 4.79 Å². The van der Waals surface area contributed by atoms with E-state index in [1.165, 1.54) is 0 Å². The first-order valence-electron chi connectivity index (χ1n) is 5.57. The quantitative estimate of drug-likeness (QED) is 0.604. The number of rotatable bonds is 3. The molecule has 0 heterocycles. The normalized spacial score (nSPS) is 9.50. The Kier molecular flexibility index (Phi) is 3.78. The van der Waals surface area contributed by atoms with Gasteiger partial charge in [-0.2, -0.15) is 0 Å². The van der Waals surface area contributed by atoms with E-state index in [0.717, 1.165) is 11.1 Å². The largest absolute Gasteiger partial charge is 0.449 e. The molecule has 0 saturated carbocycles. The number of carbonyl (C=O) groups is 1. The van der Waals surface area contributed by atoms with E-state index in [1.807, 2.05) is 42.5 Å². The van der Waals surface area contributed by atoms with E-state index in [9.17, 15) is 4.79 Å². The first-order chi connectivity index (χ1) is 8.81. The number of terminal acetylenes is 1. The standard InChI is InChI=1S/C16H12O2/c1-2-11-18-16(17)15-10-6-9-14(12-15)13-7-4-3-5-8-13/h1,3-10,12H,11H2. The lowest BCUT2D eigenvalue weighted by atomic mass is 10.0. The molecule has 0 fully saturated rings. The fourth-order valence-corrected chi connectivity index (χ4v) is 1.65. The monoisotopic (exact) mass is 236 g/mol. The molecule has 0 amide bonds. The van der Waals surface area contributed by atoms with Crippen LogP contribution in [0, 0.1) is 12.3 Å². The Labute approximate surface area is 106 Å². The molecule has 18 heavy (non-hydrogen) atoms. The first kappa shape index (κ1) is 11.9. The van der Waals surface area contributed by atoms with Gasteiger partial charge in [-0.1, -0.05) is 48.4 Å². The van der Waals surface area contributed by atoms with Crippen LogP contribution in [0.4, 0.5) is 0 Å². The summed E-state index contributed by atoms with van der Waals surface area (Å²) in [5.41, 5.74) is 2.54. The number of hydrogen-bond donors (Lipinski definition) is 0. The topological polar surface area (TPSA) is 26.3 Å². The molecule has 0 radical (unpaired) electrons. The van der Waals surface area contributed by atoms with Crippen LogP contribution in [-0.4, -0.2) is 12.6 Å². The predicted octanol–water partition coefficient (Wildman–Crippen LogP) is 3.14. The molecule has 2 heteroatoms. The molecule has 0 saturated heterocycles. The molecule has 0 atom stereocenters. The van der Waals surface area contributed by atoms with E-state index < -0.39 is 5.97 Å². The minimum Gasteiger partial charge on any atom is -0.449 e. The van der Waals surface area contributed by atoms with E-state index in [2.05, 4.69) is 5.92 Å². The summed E-state index contributed by atoms with van der Waals surface area (Å²) in [5, 5.41) is 0. The molecule has 2 aromatic carbocycles. The van der Waals surface area contributed by atoms with Crippen LogP contribution in [0.2, 0.25) is 0 Å². The van der Waals surface area contributed by atoms with Gasteiger partial charge in [0.25, 0.3) is 0 Å². The highest BCUT2D eigenvalue weighted by molar-refractivity contribution is 5.91. The third-order valence-electron chi connectivity index (χ3n) is 2.49. The van der Waals surface area contributed by atoms with Gasteiger partial charge in [-0.3, -0.25) is 0 Å². The molecule has 0 aliphatic carbocycles. The molecule has 0 aromatic heterocycles. The first-order valence-corrected chi connectivity index (χ1v) is 5.57. The molecule has 0 N–H and O–H groups in total. The Balaban J connectivity index is 2.26. The van der Waals surface area contributed by atoms with Crippen molar-refractivity contribution in [2.45, 2.75) is 0 Å². The molecule has 2 aromatic rings. The van der Waals surface area contributed by atoms with E-state index in [0.29, 0.717) is 5.56 Å². The highest BCUT2D eigenvalue weighted by Crippen LogP contribution is 2.20. The highest BCUT2D eigenvalue weighted by Gasteiger charge is 2.07. The van der Waals surface area contributed by atoms with Crippen molar-refractivity contribution < 1.29 is 9.53 Å². The van der Waals surface area contributed by atoms with Gasteiger partial charge in [0, 0.05) is 0 Å². The van der Waals surface area contributed by atoms with Gasteiger partial charge in [0.1, 0.15) is 0 Å².